The summed E-state index contributed by atoms with van der Waals surface area (Å²) in [6.45, 7) is 3.12. The van der Waals surface area contributed by atoms with E-state index >= 15 is 0 Å². The number of nitrogens with one attached hydrogen (secondary N) is 1. The van der Waals surface area contributed by atoms with Crippen molar-refractivity contribution in [1.29, 1.82) is 0 Å². The van der Waals surface area contributed by atoms with Crippen LogP contribution in [0, 0.1) is 5.92 Å². The van der Waals surface area contributed by atoms with Crippen molar-refractivity contribution in [2.45, 2.75) is 57.9 Å². The molecule has 1 aliphatic rings. The smallest absolute Gasteiger partial charge is 0.0503 e. The van der Waals surface area contributed by atoms with Gasteiger partial charge in [-0.2, -0.15) is 0 Å². The van der Waals surface area contributed by atoms with Gasteiger partial charge in [0.25, 0.3) is 0 Å². The molecule has 0 saturated heterocycles. The van der Waals surface area contributed by atoms with Gasteiger partial charge in [-0.15, -0.1) is 0 Å². The summed E-state index contributed by atoms with van der Waals surface area (Å²) < 4.78 is 5.21. The Labute approximate surface area is 123 Å². The Bertz CT molecular complexity index is 391. The molecule has 2 unspecified atom stereocenters. The number of para-hydroxylation sites is 1. The minimum atomic E-state index is 0.648. The number of hydrogen-bond donors (Lipinski definition) is 1. The van der Waals surface area contributed by atoms with Crippen molar-refractivity contribution in [3.63, 3.8) is 0 Å². The molecule has 2 atom stereocenters. The van der Waals surface area contributed by atoms with Gasteiger partial charge in [0.05, 0.1) is 6.61 Å². The van der Waals surface area contributed by atoms with E-state index in [0.717, 1.165) is 18.9 Å². The molecule has 0 aliphatic heterocycles. The molecule has 1 aliphatic carbocycles. The summed E-state index contributed by atoms with van der Waals surface area (Å²) in [7, 11) is 1.77. The van der Waals surface area contributed by atoms with E-state index in [1.54, 1.807) is 7.11 Å². The summed E-state index contributed by atoms with van der Waals surface area (Å²) in [6, 6.07) is 9.33. The molecule has 1 aromatic rings. The first-order valence-corrected chi connectivity index (χ1v) is 8.16. The minimum Gasteiger partial charge on any atom is -0.384 e. The molecule has 0 radical (unpaired) electrons. The van der Waals surface area contributed by atoms with Gasteiger partial charge >= 0.3 is 0 Å². The average molecular weight is 275 g/mol. The standard InChI is InChI=1S/C18H29NO/c1-3-15-7-6-9-17(12-11-15)19-18-10-5-4-8-16(18)13-14-20-2/h4-5,8,10,15,17,19H,3,6-7,9,11-14H2,1-2H3. The number of rotatable bonds is 6. The van der Waals surface area contributed by atoms with E-state index in [1.807, 2.05) is 0 Å². The summed E-state index contributed by atoms with van der Waals surface area (Å²) in [5, 5.41) is 3.79. The van der Waals surface area contributed by atoms with E-state index in [0.29, 0.717) is 6.04 Å². The van der Waals surface area contributed by atoms with Crippen LogP contribution < -0.4 is 5.32 Å². The molecule has 2 heteroatoms. The monoisotopic (exact) mass is 275 g/mol. The normalized spacial score (nSPS) is 23.3. The topological polar surface area (TPSA) is 21.3 Å². The average Bonchev–Trinajstić information content (AvgIpc) is 2.71. The van der Waals surface area contributed by atoms with Crippen molar-refractivity contribution in [3.8, 4) is 0 Å². The quantitative estimate of drug-likeness (QED) is 0.763. The SMILES string of the molecule is CCC1CCCC(Nc2ccccc2CCOC)CC1. The third-order valence-corrected chi connectivity index (χ3v) is 4.62. The molecule has 0 spiro atoms. The van der Waals surface area contributed by atoms with Crippen LogP contribution in [0.2, 0.25) is 0 Å². The zero-order valence-electron chi connectivity index (χ0n) is 13.0. The third-order valence-electron chi connectivity index (χ3n) is 4.62. The Morgan fingerprint density at radius 1 is 1.15 bits per heavy atom. The Morgan fingerprint density at radius 3 is 2.80 bits per heavy atom. The lowest BCUT2D eigenvalue weighted by atomic mass is 9.97. The van der Waals surface area contributed by atoms with E-state index in [1.165, 1.54) is 49.8 Å². The molecule has 2 rings (SSSR count). The second-order valence-corrected chi connectivity index (χ2v) is 6.02. The van der Waals surface area contributed by atoms with Crippen molar-refractivity contribution >= 4 is 5.69 Å². The molecule has 0 amide bonds. The van der Waals surface area contributed by atoms with Crippen LogP contribution in [0.15, 0.2) is 24.3 Å². The Kier molecular flexibility index (Phi) is 6.38. The first kappa shape index (κ1) is 15.4. The van der Waals surface area contributed by atoms with Crippen molar-refractivity contribution in [2.24, 2.45) is 5.92 Å². The highest BCUT2D eigenvalue weighted by molar-refractivity contribution is 5.51. The van der Waals surface area contributed by atoms with Crippen molar-refractivity contribution in [3.05, 3.63) is 29.8 Å². The van der Waals surface area contributed by atoms with Gasteiger partial charge in [0.2, 0.25) is 0 Å². The van der Waals surface area contributed by atoms with Crippen LogP contribution >= 0.6 is 0 Å². The van der Waals surface area contributed by atoms with Crippen LogP contribution in [0.4, 0.5) is 5.69 Å². The van der Waals surface area contributed by atoms with Crippen LogP contribution in [0.25, 0.3) is 0 Å². The van der Waals surface area contributed by atoms with Gasteiger partial charge in [-0.1, -0.05) is 44.4 Å². The fourth-order valence-electron chi connectivity index (χ4n) is 3.24. The van der Waals surface area contributed by atoms with Gasteiger partial charge in [-0.05, 0) is 43.2 Å². The fourth-order valence-corrected chi connectivity index (χ4v) is 3.24. The molecule has 1 aromatic carbocycles. The zero-order valence-corrected chi connectivity index (χ0v) is 13.0. The van der Waals surface area contributed by atoms with E-state index in [9.17, 15) is 0 Å². The second kappa shape index (κ2) is 8.31. The van der Waals surface area contributed by atoms with E-state index < -0.39 is 0 Å². The van der Waals surface area contributed by atoms with Gasteiger partial charge in [-0.25, -0.2) is 0 Å². The molecule has 1 N–H and O–H groups in total. The molecule has 1 saturated carbocycles. The Balaban J connectivity index is 1.95. The first-order valence-electron chi connectivity index (χ1n) is 8.16. The lowest BCUT2D eigenvalue weighted by molar-refractivity contribution is 0.202. The maximum Gasteiger partial charge on any atom is 0.0503 e. The largest absolute Gasteiger partial charge is 0.384 e. The number of anilines is 1. The fraction of sp³-hybridized carbons (Fsp3) is 0.667. The number of benzene rings is 1. The predicted molar refractivity (Wildman–Crippen MR) is 86.3 cm³/mol. The summed E-state index contributed by atoms with van der Waals surface area (Å²) >= 11 is 0. The maximum atomic E-state index is 5.21. The lowest BCUT2D eigenvalue weighted by Gasteiger charge is -2.20. The highest BCUT2D eigenvalue weighted by Crippen LogP contribution is 2.28. The van der Waals surface area contributed by atoms with Crippen LogP contribution in [0.1, 0.15) is 51.0 Å². The summed E-state index contributed by atoms with van der Waals surface area (Å²) in [5.74, 6) is 0.950. The molecular weight excluding hydrogens is 246 g/mol. The highest BCUT2D eigenvalue weighted by Gasteiger charge is 2.18. The third kappa shape index (κ3) is 4.52. The van der Waals surface area contributed by atoms with Crippen LogP contribution in [0.5, 0.6) is 0 Å². The molecule has 1 fully saturated rings. The van der Waals surface area contributed by atoms with Gasteiger partial charge in [-0.3, -0.25) is 0 Å². The van der Waals surface area contributed by atoms with Crippen LogP contribution in [0.3, 0.4) is 0 Å². The van der Waals surface area contributed by atoms with Gasteiger partial charge in [0.1, 0.15) is 0 Å². The molecule has 112 valence electrons. The molecule has 0 aromatic heterocycles. The van der Waals surface area contributed by atoms with E-state index in [4.69, 9.17) is 4.74 Å². The van der Waals surface area contributed by atoms with Gasteiger partial charge in [0, 0.05) is 18.8 Å². The number of ether oxygens (including phenoxy) is 1. The molecule has 2 nitrogen and oxygen atoms in total. The van der Waals surface area contributed by atoms with Gasteiger partial charge in [0.15, 0.2) is 0 Å². The number of methoxy groups -OCH3 is 1. The molecule has 0 heterocycles. The zero-order chi connectivity index (χ0) is 14.2. The molecule has 0 bridgehead atoms. The minimum absolute atomic E-state index is 0.648. The number of hydrogen-bond acceptors (Lipinski definition) is 2. The second-order valence-electron chi connectivity index (χ2n) is 6.02. The van der Waals surface area contributed by atoms with Crippen LogP contribution in [-0.4, -0.2) is 19.8 Å². The van der Waals surface area contributed by atoms with Crippen molar-refractivity contribution < 1.29 is 4.74 Å². The Morgan fingerprint density at radius 2 is 2.00 bits per heavy atom. The van der Waals surface area contributed by atoms with Crippen molar-refractivity contribution in [2.75, 3.05) is 19.0 Å². The summed E-state index contributed by atoms with van der Waals surface area (Å²) in [6.07, 6.45) is 9.14. The molecule has 20 heavy (non-hydrogen) atoms. The van der Waals surface area contributed by atoms with Crippen molar-refractivity contribution in [1.82, 2.24) is 0 Å². The Hall–Kier alpha value is -1.02. The summed E-state index contributed by atoms with van der Waals surface area (Å²) in [5.41, 5.74) is 2.69. The predicted octanol–water partition coefficient (Wildman–Crippen LogP) is 4.65. The van der Waals surface area contributed by atoms with Gasteiger partial charge < -0.3 is 10.1 Å². The maximum absolute atomic E-state index is 5.21. The lowest BCUT2D eigenvalue weighted by Crippen LogP contribution is -2.19. The van der Waals surface area contributed by atoms with Crippen LogP contribution in [-0.2, 0) is 11.2 Å². The first-order chi connectivity index (χ1) is 9.83. The molecular formula is C18H29NO. The van der Waals surface area contributed by atoms with E-state index in [-0.39, 0.29) is 0 Å². The highest BCUT2D eigenvalue weighted by atomic mass is 16.5. The summed E-state index contributed by atoms with van der Waals surface area (Å²) in [4.78, 5) is 0. The van der Waals surface area contributed by atoms with E-state index in [2.05, 4.69) is 36.5 Å².